The van der Waals surface area contributed by atoms with Crippen molar-refractivity contribution in [2.75, 3.05) is 0 Å². The average molecular weight is 254 g/mol. The molecule has 1 fully saturated rings. The van der Waals surface area contributed by atoms with Crippen LogP contribution in [0.15, 0.2) is 12.1 Å². The second-order valence-electron chi connectivity index (χ2n) is 5.50. The first-order valence-corrected chi connectivity index (χ1v) is 6.55. The van der Waals surface area contributed by atoms with Crippen LogP contribution in [0.1, 0.15) is 50.7 Å². The van der Waals surface area contributed by atoms with Gasteiger partial charge in [0.15, 0.2) is 0 Å². The van der Waals surface area contributed by atoms with Crippen molar-refractivity contribution in [2.45, 2.75) is 51.0 Å². The molecule has 1 unspecified atom stereocenters. The van der Waals surface area contributed by atoms with E-state index in [-0.39, 0.29) is 17.2 Å². The van der Waals surface area contributed by atoms with Crippen molar-refractivity contribution in [3.63, 3.8) is 0 Å². The molecule has 0 bridgehead atoms. The molecule has 3 N–H and O–H groups in total. The van der Waals surface area contributed by atoms with Gasteiger partial charge in [0.05, 0.1) is 5.02 Å². The van der Waals surface area contributed by atoms with E-state index >= 15 is 0 Å². The van der Waals surface area contributed by atoms with Gasteiger partial charge in [0.1, 0.15) is 5.75 Å². The zero-order chi connectivity index (χ0) is 12.8. The monoisotopic (exact) mass is 253 g/mol. The largest absolute Gasteiger partial charge is 0.506 e. The summed E-state index contributed by atoms with van der Waals surface area (Å²) in [5.41, 5.74) is 8.09. The second kappa shape index (κ2) is 4.18. The van der Waals surface area contributed by atoms with Gasteiger partial charge in [-0.2, -0.15) is 0 Å². The fourth-order valence-electron chi connectivity index (χ4n) is 2.44. The highest BCUT2D eigenvalue weighted by Gasteiger charge is 2.49. The summed E-state index contributed by atoms with van der Waals surface area (Å²) in [6.45, 7) is 6.25. The van der Waals surface area contributed by atoms with Gasteiger partial charge in [-0.15, -0.1) is 0 Å². The molecule has 0 radical (unpaired) electrons. The van der Waals surface area contributed by atoms with E-state index in [1.165, 1.54) is 0 Å². The quantitative estimate of drug-likeness (QED) is 0.865. The fourth-order valence-corrected chi connectivity index (χ4v) is 2.67. The lowest BCUT2D eigenvalue weighted by atomic mass is 9.86. The van der Waals surface area contributed by atoms with Crippen molar-refractivity contribution in [1.82, 2.24) is 0 Å². The number of hydrogen-bond donors (Lipinski definition) is 2. The molecule has 1 aromatic carbocycles. The number of phenolic OH excluding ortho intramolecular Hbond substituents is 1. The Morgan fingerprint density at radius 3 is 2.29 bits per heavy atom. The molecule has 0 heterocycles. The minimum atomic E-state index is -0.0569. The van der Waals surface area contributed by atoms with E-state index in [2.05, 4.69) is 19.9 Å². The zero-order valence-electron chi connectivity index (χ0n) is 10.6. The Morgan fingerprint density at radius 1 is 1.29 bits per heavy atom. The fraction of sp³-hybridized carbons (Fsp3) is 0.571. The van der Waals surface area contributed by atoms with E-state index < -0.39 is 0 Å². The van der Waals surface area contributed by atoms with Crippen molar-refractivity contribution in [3.8, 4) is 5.75 Å². The summed E-state index contributed by atoms with van der Waals surface area (Å²) in [7, 11) is 0. The molecule has 3 heteroatoms. The van der Waals surface area contributed by atoms with E-state index in [9.17, 15) is 5.11 Å². The molecule has 2 nitrogen and oxygen atoms in total. The van der Waals surface area contributed by atoms with Gasteiger partial charge in [0.25, 0.3) is 0 Å². The maximum Gasteiger partial charge on any atom is 0.137 e. The van der Waals surface area contributed by atoms with Crippen LogP contribution in [0.5, 0.6) is 5.75 Å². The topological polar surface area (TPSA) is 46.2 Å². The normalized spacial score (nSPS) is 19.4. The number of nitrogens with two attached hydrogens (primary N) is 1. The molecule has 0 spiro atoms. The van der Waals surface area contributed by atoms with Crippen molar-refractivity contribution in [3.05, 3.63) is 28.3 Å². The van der Waals surface area contributed by atoms with Gasteiger partial charge in [0.2, 0.25) is 0 Å². The molecule has 0 aromatic heterocycles. The number of aromatic hydroxyl groups is 1. The predicted octanol–water partition coefficient (Wildman–Crippen LogP) is 3.55. The van der Waals surface area contributed by atoms with Crippen LogP contribution in [0.25, 0.3) is 0 Å². The standard InChI is InChI=1S/C14H20ClNO/c1-8(2)10-6-11(13(17)12(15)7-10)14(4-5-14)9(3)16/h6-9,17H,4-5,16H2,1-3H3. The van der Waals surface area contributed by atoms with Crippen LogP contribution in [-0.4, -0.2) is 11.1 Å². The molecule has 2 rings (SSSR count). The maximum absolute atomic E-state index is 10.1. The third-order valence-corrected chi connectivity index (χ3v) is 4.24. The number of benzene rings is 1. The van der Waals surface area contributed by atoms with Gasteiger partial charge in [-0.25, -0.2) is 0 Å². The molecule has 0 aliphatic heterocycles. The van der Waals surface area contributed by atoms with Crippen LogP contribution >= 0.6 is 11.6 Å². The highest BCUT2D eigenvalue weighted by molar-refractivity contribution is 6.32. The van der Waals surface area contributed by atoms with Crippen molar-refractivity contribution >= 4 is 11.6 Å². The Bertz CT molecular complexity index is 436. The summed E-state index contributed by atoms with van der Waals surface area (Å²) in [6, 6.07) is 3.97. The van der Waals surface area contributed by atoms with Gasteiger partial charge in [-0.1, -0.05) is 31.5 Å². The lowest BCUT2D eigenvalue weighted by Gasteiger charge is -2.23. The summed E-state index contributed by atoms with van der Waals surface area (Å²) < 4.78 is 0. The summed E-state index contributed by atoms with van der Waals surface area (Å²) in [5, 5.41) is 10.6. The minimum absolute atomic E-state index is 0.0480. The van der Waals surface area contributed by atoms with Gasteiger partial charge in [0, 0.05) is 17.0 Å². The highest BCUT2D eigenvalue weighted by Crippen LogP contribution is 2.54. The van der Waals surface area contributed by atoms with Crippen molar-refractivity contribution in [1.29, 1.82) is 0 Å². The van der Waals surface area contributed by atoms with Gasteiger partial charge in [-0.3, -0.25) is 0 Å². The molecular weight excluding hydrogens is 234 g/mol. The first kappa shape index (κ1) is 12.7. The van der Waals surface area contributed by atoms with Crippen LogP contribution in [0, 0.1) is 0 Å². The van der Waals surface area contributed by atoms with E-state index in [1.54, 1.807) is 0 Å². The second-order valence-corrected chi connectivity index (χ2v) is 5.91. The number of phenols is 1. The zero-order valence-corrected chi connectivity index (χ0v) is 11.4. The molecule has 17 heavy (non-hydrogen) atoms. The summed E-state index contributed by atoms with van der Waals surface area (Å²) in [6.07, 6.45) is 2.08. The van der Waals surface area contributed by atoms with Crippen LogP contribution < -0.4 is 5.73 Å². The Balaban J connectivity index is 2.54. The highest BCUT2D eigenvalue weighted by atomic mass is 35.5. The maximum atomic E-state index is 10.1. The molecule has 1 atom stereocenters. The third kappa shape index (κ3) is 2.04. The lowest BCUT2D eigenvalue weighted by molar-refractivity contribution is 0.446. The van der Waals surface area contributed by atoms with Crippen molar-refractivity contribution in [2.24, 2.45) is 5.73 Å². The molecule has 0 amide bonds. The van der Waals surface area contributed by atoms with Crippen molar-refractivity contribution < 1.29 is 5.11 Å². The van der Waals surface area contributed by atoms with Crippen LogP contribution in [0.4, 0.5) is 0 Å². The first-order chi connectivity index (χ1) is 7.88. The Morgan fingerprint density at radius 2 is 1.88 bits per heavy atom. The molecule has 1 aliphatic rings. The smallest absolute Gasteiger partial charge is 0.137 e. The third-order valence-electron chi connectivity index (χ3n) is 3.95. The molecule has 1 aromatic rings. The number of rotatable bonds is 3. The van der Waals surface area contributed by atoms with Gasteiger partial charge in [-0.05, 0) is 37.3 Å². The molecule has 1 saturated carbocycles. The summed E-state index contributed by atoms with van der Waals surface area (Å²) >= 11 is 6.11. The molecule has 94 valence electrons. The molecule has 0 saturated heterocycles. The molecule has 1 aliphatic carbocycles. The van der Waals surface area contributed by atoms with Gasteiger partial charge >= 0.3 is 0 Å². The van der Waals surface area contributed by atoms with E-state index in [1.807, 2.05) is 13.0 Å². The summed E-state index contributed by atoms with van der Waals surface area (Å²) in [5.74, 6) is 0.613. The van der Waals surface area contributed by atoms with E-state index in [0.29, 0.717) is 10.9 Å². The average Bonchev–Trinajstić information content (AvgIpc) is 3.02. The van der Waals surface area contributed by atoms with Crippen LogP contribution in [0.3, 0.4) is 0 Å². The number of hydrogen-bond acceptors (Lipinski definition) is 2. The van der Waals surface area contributed by atoms with Crippen LogP contribution in [0.2, 0.25) is 5.02 Å². The first-order valence-electron chi connectivity index (χ1n) is 6.17. The van der Waals surface area contributed by atoms with Crippen LogP contribution in [-0.2, 0) is 5.41 Å². The Hall–Kier alpha value is -0.730. The van der Waals surface area contributed by atoms with E-state index in [0.717, 1.165) is 24.0 Å². The SMILES string of the molecule is CC(C)c1cc(Cl)c(O)c(C2(C(C)N)CC2)c1. The Kier molecular flexibility index (Phi) is 3.13. The minimum Gasteiger partial charge on any atom is -0.506 e. The molecular formula is C14H20ClNO. The Labute approximate surface area is 108 Å². The van der Waals surface area contributed by atoms with E-state index in [4.69, 9.17) is 17.3 Å². The summed E-state index contributed by atoms with van der Waals surface area (Å²) in [4.78, 5) is 0. The lowest BCUT2D eigenvalue weighted by Crippen LogP contribution is -2.31. The predicted molar refractivity (Wildman–Crippen MR) is 71.8 cm³/mol. The van der Waals surface area contributed by atoms with Gasteiger partial charge < -0.3 is 10.8 Å². The number of halogens is 1.